The van der Waals surface area contributed by atoms with E-state index in [0.717, 1.165) is 4.48 Å². The van der Waals surface area contributed by atoms with Gasteiger partial charge in [0.1, 0.15) is 4.95 Å². The van der Waals surface area contributed by atoms with E-state index in [0.29, 0.717) is 0 Å². The van der Waals surface area contributed by atoms with Gasteiger partial charge in [-0.3, -0.25) is 0 Å². The molecule has 0 aliphatic carbocycles. The van der Waals surface area contributed by atoms with Crippen molar-refractivity contribution in [2.75, 3.05) is 0 Å². The highest BCUT2D eigenvalue weighted by molar-refractivity contribution is 9.12. The Hall–Kier alpha value is 0.240. The first-order valence-corrected chi connectivity index (χ1v) is 3.94. The summed E-state index contributed by atoms with van der Waals surface area (Å²) in [5, 5.41) is 3.04. The Bertz CT molecular complexity index is 139. The molecule has 0 saturated heterocycles. The van der Waals surface area contributed by atoms with Gasteiger partial charge in [0.2, 0.25) is 0 Å². The maximum atomic E-state index is 3.36. The predicted octanol–water partition coefficient (Wildman–Crippen LogP) is 2.10. The lowest BCUT2D eigenvalue weighted by Gasteiger charge is -2.08. The third kappa shape index (κ3) is 1.63. The van der Waals surface area contributed by atoms with Crippen molar-refractivity contribution in [3.8, 4) is 0 Å². The molecule has 0 saturated carbocycles. The summed E-state index contributed by atoms with van der Waals surface area (Å²) >= 11 is 6.69. The van der Waals surface area contributed by atoms with Crippen LogP contribution in [0.25, 0.3) is 0 Å². The number of nitrogens with one attached hydrogen (secondary N) is 1. The Labute approximate surface area is 65.1 Å². The van der Waals surface area contributed by atoms with E-state index in [9.17, 15) is 0 Å². The van der Waals surface area contributed by atoms with E-state index < -0.39 is 0 Å². The average molecular weight is 239 g/mol. The minimum Gasteiger partial charge on any atom is -0.375 e. The van der Waals surface area contributed by atoms with Crippen molar-refractivity contribution in [1.29, 1.82) is 0 Å². The molecule has 0 spiro atoms. The highest BCUT2D eigenvalue weighted by Crippen LogP contribution is 2.13. The molecule has 0 aromatic rings. The van der Waals surface area contributed by atoms with Crippen LogP contribution in [0, 0.1) is 0 Å². The Morgan fingerprint density at radius 1 is 1.62 bits per heavy atom. The van der Waals surface area contributed by atoms with E-state index in [-0.39, 0.29) is 4.95 Å². The van der Waals surface area contributed by atoms with Gasteiger partial charge in [-0.1, -0.05) is 31.9 Å². The summed E-state index contributed by atoms with van der Waals surface area (Å²) in [6.07, 6.45) is 5.88. The van der Waals surface area contributed by atoms with Gasteiger partial charge in [0, 0.05) is 4.48 Å². The number of hydrogen-bond donors (Lipinski definition) is 1. The van der Waals surface area contributed by atoms with Crippen molar-refractivity contribution >= 4 is 31.9 Å². The van der Waals surface area contributed by atoms with E-state index in [1.807, 2.05) is 18.4 Å². The van der Waals surface area contributed by atoms with Crippen LogP contribution in [-0.4, -0.2) is 4.95 Å². The second kappa shape index (κ2) is 2.69. The van der Waals surface area contributed by atoms with Crippen LogP contribution in [0.5, 0.6) is 0 Å². The molecule has 1 nitrogen and oxygen atoms in total. The van der Waals surface area contributed by atoms with E-state index in [4.69, 9.17) is 0 Å². The quantitative estimate of drug-likeness (QED) is 0.504. The highest BCUT2D eigenvalue weighted by atomic mass is 79.9. The molecule has 44 valence electrons. The van der Waals surface area contributed by atoms with Crippen molar-refractivity contribution in [2.24, 2.45) is 0 Å². The molecular weight excluding hydrogens is 234 g/mol. The number of rotatable bonds is 0. The fraction of sp³-hybridized carbons (Fsp3) is 0.200. The van der Waals surface area contributed by atoms with Crippen molar-refractivity contribution in [2.45, 2.75) is 4.95 Å². The zero-order valence-electron chi connectivity index (χ0n) is 4.07. The Morgan fingerprint density at radius 2 is 2.38 bits per heavy atom. The molecule has 0 aromatic heterocycles. The fourth-order valence-electron chi connectivity index (χ4n) is 0.463. The van der Waals surface area contributed by atoms with Crippen LogP contribution >= 0.6 is 31.9 Å². The van der Waals surface area contributed by atoms with E-state index in [1.54, 1.807) is 0 Å². The Morgan fingerprint density at radius 3 is 2.75 bits per heavy atom. The second-order valence-corrected chi connectivity index (χ2v) is 3.36. The van der Waals surface area contributed by atoms with Gasteiger partial charge in [-0.05, 0) is 18.4 Å². The number of alkyl halides is 1. The molecule has 1 aliphatic heterocycles. The van der Waals surface area contributed by atoms with Crippen molar-refractivity contribution in [1.82, 2.24) is 5.32 Å². The molecule has 1 unspecified atom stereocenters. The Balaban J connectivity index is 2.63. The maximum absolute atomic E-state index is 3.36. The van der Waals surface area contributed by atoms with Gasteiger partial charge >= 0.3 is 0 Å². The minimum absolute atomic E-state index is 0.280. The summed E-state index contributed by atoms with van der Waals surface area (Å²) in [5.74, 6) is 0. The molecule has 1 N–H and O–H groups in total. The predicted molar refractivity (Wildman–Crippen MR) is 42.0 cm³/mol. The number of hydrogen-bond acceptors (Lipinski definition) is 1. The first-order valence-electron chi connectivity index (χ1n) is 2.23. The largest absolute Gasteiger partial charge is 0.375 e. The van der Waals surface area contributed by atoms with E-state index in [2.05, 4.69) is 37.2 Å². The van der Waals surface area contributed by atoms with Gasteiger partial charge in [-0.15, -0.1) is 0 Å². The van der Waals surface area contributed by atoms with E-state index in [1.165, 1.54) is 0 Å². The van der Waals surface area contributed by atoms with E-state index >= 15 is 0 Å². The van der Waals surface area contributed by atoms with Crippen molar-refractivity contribution in [3.63, 3.8) is 0 Å². The van der Waals surface area contributed by atoms with Gasteiger partial charge in [0.05, 0.1) is 0 Å². The number of dihydropyridines is 1. The summed E-state index contributed by atoms with van der Waals surface area (Å²) in [5.41, 5.74) is 0. The molecule has 0 amide bonds. The van der Waals surface area contributed by atoms with Crippen molar-refractivity contribution < 1.29 is 0 Å². The molecule has 1 aliphatic rings. The third-order valence-electron chi connectivity index (χ3n) is 0.804. The summed E-state index contributed by atoms with van der Waals surface area (Å²) in [7, 11) is 0. The number of allylic oxidation sites excluding steroid dienone is 2. The molecule has 0 fully saturated rings. The van der Waals surface area contributed by atoms with Gasteiger partial charge in [0.15, 0.2) is 0 Å². The molecule has 0 bridgehead atoms. The van der Waals surface area contributed by atoms with Crippen LogP contribution in [0.15, 0.2) is 22.8 Å². The lowest BCUT2D eigenvalue weighted by Crippen LogP contribution is -2.16. The number of halogens is 2. The molecule has 1 heterocycles. The standard InChI is InChI=1S/C5H5Br2N/c6-4-1-2-8-5(7)3-4/h1-3,5,8H. The van der Waals surface area contributed by atoms with Crippen LogP contribution in [0.3, 0.4) is 0 Å². The first kappa shape index (κ1) is 6.36. The molecule has 3 heteroatoms. The highest BCUT2D eigenvalue weighted by Gasteiger charge is 1.99. The fourth-order valence-corrected chi connectivity index (χ4v) is 1.65. The summed E-state index contributed by atoms with van der Waals surface area (Å²) in [6.45, 7) is 0. The zero-order valence-corrected chi connectivity index (χ0v) is 7.24. The summed E-state index contributed by atoms with van der Waals surface area (Å²) < 4.78 is 1.11. The zero-order chi connectivity index (χ0) is 5.98. The lowest BCUT2D eigenvalue weighted by molar-refractivity contribution is 0.925. The van der Waals surface area contributed by atoms with Gasteiger partial charge in [-0.2, -0.15) is 0 Å². The topological polar surface area (TPSA) is 12.0 Å². The Kier molecular flexibility index (Phi) is 2.14. The maximum Gasteiger partial charge on any atom is 0.101 e. The van der Waals surface area contributed by atoms with Crippen LogP contribution in [-0.2, 0) is 0 Å². The second-order valence-electron chi connectivity index (χ2n) is 1.45. The molecule has 1 atom stereocenters. The molecule has 8 heavy (non-hydrogen) atoms. The summed E-state index contributed by atoms with van der Waals surface area (Å²) in [6, 6.07) is 0. The smallest absolute Gasteiger partial charge is 0.101 e. The average Bonchev–Trinajstić information content (AvgIpc) is 1.64. The first-order chi connectivity index (χ1) is 3.79. The molecule has 0 radical (unpaired) electrons. The van der Waals surface area contributed by atoms with Crippen LogP contribution in [0.1, 0.15) is 0 Å². The van der Waals surface area contributed by atoms with Crippen LogP contribution in [0.2, 0.25) is 0 Å². The molecule has 1 rings (SSSR count). The van der Waals surface area contributed by atoms with Crippen LogP contribution in [0.4, 0.5) is 0 Å². The SMILES string of the molecule is BrC1=CC(Br)NC=C1. The minimum atomic E-state index is 0.280. The molecule has 0 aromatic carbocycles. The van der Waals surface area contributed by atoms with Crippen molar-refractivity contribution in [3.05, 3.63) is 22.8 Å². The van der Waals surface area contributed by atoms with Gasteiger partial charge < -0.3 is 5.32 Å². The van der Waals surface area contributed by atoms with Gasteiger partial charge in [-0.25, -0.2) is 0 Å². The lowest BCUT2D eigenvalue weighted by atomic mass is 10.4. The van der Waals surface area contributed by atoms with Gasteiger partial charge in [0.25, 0.3) is 0 Å². The van der Waals surface area contributed by atoms with Crippen LogP contribution < -0.4 is 5.32 Å². The normalized spacial score (nSPS) is 26.8. The monoisotopic (exact) mass is 237 g/mol. The third-order valence-corrected chi connectivity index (χ3v) is 1.86. The summed E-state index contributed by atoms with van der Waals surface area (Å²) in [4.78, 5) is 0.280. The molecular formula is C5H5Br2N.